The standard InChI is InChI=1S/C18H21N7O2/c1-22-12-15(19-21-22)17(26)24-10-6-7-13(11-24)16-20-23(2)18(27)25(16)14-8-4-3-5-9-14/h3-5,8-9,12-13H,6-7,10-11H2,1-2H3. The minimum atomic E-state index is -0.187. The fraction of sp³-hybridized carbons (Fsp3) is 0.389. The van der Waals surface area contributed by atoms with Gasteiger partial charge in [0.05, 0.1) is 11.9 Å². The molecule has 1 aliphatic heterocycles. The van der Waals surface area contributed by atoms with E-state index in [-0.39, 0.29) is 17.5 Å². The number of para-hydroxylation sites is 1. The Balaban J connectivity index is 1.65. The number of aromatic nitrogens is 6. The van der Waals surface area contributed by atoms with Crippen LogP contribution in [0.2, 0.25) is 0 Å². The van der Waals surface area contributed by atoms with Crippen molar-refractivity contribution in [3.63, 3.8) is 0 Å². The molecule has 1 aromatic carbocycles. The maximum atomic E-state index is 12.7. The van der Waals surface area contributed by atoms with Crippen molar-refractivity contribution < 1.29 is 4.79 Å². The first-order valence-corrected chi connectivity index (χ1v) is 8.91. The van der Waals surface area contributed by atoms with E-state index in [1.54, 1.807) is 29.8 Å². The lowest BCUT2D eigenvalue weighted by Gasteiger charge is -2.31. The second-order valence-corrected chi connectivity index (χ2v) is 6.80. The van der Waals surface area contributed by atoms with Crippen LogP contribution in [0.3, 0.4) is 0 Å². The topological polar surface area (TPSA) is 90.8 Å². The molecule has 140 valence electrons. The van der Waals surface area contributed by atoms with Gasteiger partial charge in [0.25, 0.3) is 5.91 Å². The van der Waals surface area contributed by atoms with Crippen molar-refractivity contribution in [1.82, 2.24) is 34.2 Å². The van der Waals surface area contributed by atoms with Crippen molar-refractivity contribution in [2.75, 3.05) is 13.1 Å². The van der Waals surface area contributed by atoms with Crippen molar-refractivity contribution in [1.29, 1.82) is 0 Å². The predicted octanol–water partition coefficient (Wildman–Crippen LogP) is 0.719. The highest BCUT2D eigenvalue weighted by Crippen LogP contribution is 2.27. The summed E-state index contributed by atoms with van der Waals surface area (Å²) in [6.45, 7) is 1.16. The van der Waals surface area contributed by atoms with Crippen LogP contribution in [0.4, 0.5) is 0 Å². The number of nitrogens with zero attached hydrogens (tertiary/aromatic N) is 7. The van der Waals surface area contributed by atoms with Crippen molar-refractivity contribution in [3.05, 3.63) is 58.5 Å². The van der Waals surface area contributed by atoms with Gasteiger partial charge in [0.15, 0.2) is 5.69 Å². The molecule has 1 fully saturated rings. The number of likely N-dealkylation sites (tertiary alicyclic amines) is 1. The van der Waals surface area contributed by atoms with E-state index in [1.165, 1.54) is 9.36 Å². The van der Waals surface area contributed by atoms with Gasteiger partial charge in [-0.1, -0.05) is 23.4 Å². The Kier molecular flexibility index (Phi) is 4.35. The molecule has 0 N–H and O–H groups in total. The van der Waals surface area contributed by atoms with Crippen LogP contribution in [0.1, 0.15) is 35.1 Å². The predicted molar refractivity (Wildman–Crippen MR) is 97.7 cm³/mol. The van der Waals surface area contributed by atoms with E-state index in [4.69, 9.17) is 0 Å². The first-order valence-electron chi connectivity index (χ1n) is 8.91. The summed E-state index contributed by atoms with van der Waals surface area (Å²) < 4.78 is 4.51. The zero-order valence-electron chi connectivity index (χ0n) is 15.3. The van der Waals surface area contributed by atoms with E-state index >= 15 is 0 Å². The van der Waals surface area contributed by atoms with Gasteiger partial charge in [-0.05, 0) is 25.0 Å². The largest absolute Gasteiger partial charge is 0.350 e. The fourth-order valence-electron chi connectivity index (χ4n) is 3.55. The average molecular weight is 367 g/mol. The van der Waals surface area contributed by atoms with Crippen molar-refractivity contribution in [2.45, 2.75) is 18.8 Å². The molecule has 0 bridgehead atoms. The second kappa shape index (κ2) is 6.82. The van der Waals surface area contributed by atoms with Gasteiger partial charge in [0.2, 0.25) is 0 Å². The minimum Gasteiger partial charge on any atom is -0.336 e. The third-order valence-electron chi connectivity index (χ3n) is 4.86. The third kappa shape index (κ3) is 3.16. The molecule has 1 amide bonds. The van der Waals surface area contributed by atoms with Gasteiger partial charge < -0.3 is 4.90 Å². The van der Waals surface area contributed by atoms with E-state index < -0.39 is 0 Å². The van der Waals surface area contributed by atoms with Crippen LogP contribution in [-0.2, 0) is 14.1 Å². The number of carbonyl (C=O) groups is 1. The first kappa shape index (κ1) is 17.2. The number of rotatable bonds is 3. The molecule has 0 saturated carbocycles. The molecule has 0 spiro atoms. The molecule has 27 heavy (non-hydrogen) atoms. The Morgan fingerprint density at radius 1 is 1.19 bits per heavy atom. The lowest BCUT2D eigenvalue weighted by atomic mass is 9.96. The number of aryl methyl sites for hydroxylation is 2. The van der Waals surface area contributed by atoms with Crippen molar-refractivity contribution in [3.8, 4) is 5.69 Å². The van der Waals surface area contributed by atoms with E-state index in [0.717, 1.165) is 18.5 Å². The lowest BCUT2D eigenvalue weighted by Crippen LogP contribution is -2.40. The molecule has 3 heterocycles. The highest BCUT2D eigenvalue weighted by atomic mass is 16.2. The van der Waals surface area contributed by atoms with E-state index in [2.05, 4.69) is 15.4 Å². The van der Waals surface area contributed by atoms with Gasteiger partial charge in [-0.2, -0.15) is 5.10 Å². The first-order chi connectivity index (χ1) is 13.0. The summed E-state index contributed by atoms with van der Waals surface area (Å²) in [5.74, 6) is 0.524. The molecule has 3 aromatic rings. The van der Waals surface area contributed by atoms with Crippen LogP contribution in [0, 0.1) is 0 Å². The summed E-state index contributed by atoms with van der Waals surface area (Å²) >= 11 is 0. The summed E-state index contributed by atoms with van der Waals surface area (Å²) in [6, 6.07) is 9.47. The Hall–Kier alpha value is -3.23. The quantitative estimate of drug-likeness (QED) is 0.680. The van der Waals surface area contributed by atoms with Crippen LogP contribution in [0.15, 0.2) is 41.3 Å². The summed E-state index contributed by atoms with van der Waals surface area (Å²) in [7, 11) is 3.38. The van der Waals surface area contributed by atoms with Crippen LogP contribution < -0.4 is 5.69 Å². The highest BCUT2D eigenvalue weighted by molar-refractivity contribution is 5.92. The molecule has 0 radical (unpaired) electrons. The fourth-order valence-corrected chi connectivity index (χ4v) is 3.55. The summed E-state index contributed by atoms with van der Waals surface area (Å²) in [5, 5.41) is 12.2. The van der Waals surface area contributed by atoms with E-state index in [1.807, 2.05) is 30.3 Å². The Labute approximate surface area is 155 Å². The summed E-state index contributed by atoms with van der Waals surface area (Å²) in [6.07, 6.45) is 3.33. The van der Waals surface area contributed by atoms with E-state index in [0.29, 0.717) is 24.6 Å². The van der Waals surface area contributed by atoms with Crippen molar-refractivity contribution in [2.24, 2.45) is 14.1 Å². The number of benzene rings is 1. The molecule has 1 saturated heterocycles. The van der Waals surface area contributed by atoms with Gasteiger partial charge in [0.1, 0.15) is 5.82 Å². The molecule has 1 unspecified atom stereocenters. The maximum absolute atomic E-state index is 12.7. The van der Waals surface area contributed by atoms with Crippen molar-refractivity contribution >= 4 is 5.91 Å². The molecule has 2 aromatic heterocycles. The molecule has 9 heteroatoms. The molecular weight excluding hydrogens is 346 g/mol. The van der Waals surface area contributed by atoms with Gasteiger partial charge in [-0.15, -0.1) is 5.10 Å². The Morgan fingerprint density at radius 2 is 1.96 bits per heavy atom. The molecule has 0 aliphatic carbocycles. The summed E-state index contributed by atoms with van der Waals surface area (Å²) in [4.78, 5) is 27.1. The Morgan fingerprint density at radius 3 is 2.67 bits per heavy atom. The van der Waals surface area contributed by atoms with E-state index in [9.17, 15) is 9.59 Å². The zero-order valence-corrected chi connectivity index (χ0v) is 15.3. The van der Waals surface area contributed by atoms with Crippen LogP contribution in [-0.4, -0.2) is 53.2 Å². The van der Waals surface area contributed by atoms with Gasteiger partial charge in [0, 0.05) is 33.1 Å². The molecular formula is C18H21N7O2. The Bertz CT molecular complexity index is 1020. The number of carbonyl (C=O) groups excluding carboxylic acids is 1. The van der Waals surface area contributed by atoms with Crippen LogP contribution in [0.5, 0.6) is 0 Å². The third-order valence-corrected chi connectivity index (χ3v) is 4.86. The second-order valence-electron chi connectivity index (χ2n) is 6.80. The zero-order chi connectivity index (χ0) is 19.0. The highest BCUT2D eigenvalue weighted by Gasteiger charge is 2.31. The molecule has 4 rings (SSSR count). The monoisotopic (exact) mass is 367 g/mol. The number of piperidine rings is 1. The minimum absolute atomic E-state index is 0.0199. The number of hydrogen-bond acceptors (Lipinski definition) is 5. The number of amides is 1. The maximum Gasteiger partial charge on any atom is 0.350 e. The smallest absolute Gasteiger partial charge is 0.336 e. The van der Waals surface area contributed by atoms with Gasteiger partial charge in [-0.25, -0.2) is 14.0 Å². The normalized spacial score (nSPS) is 17.3. The lowest BCUT2D eigenvalue weighted by molar-refractivity contribution is 0.0697. The molecule has 9 nitrogen and oxygen atoms in total. The van der Waals surface area contributed by atoms with Gasteiger partial charge in [-0.3, -0.25) is 9.48 Å². The summed E-state index contributed by atoms with van der Waals surface area (Å²) in [5.41, 5.74) is 0.927. The SMILES string of the molecule is Cn1cc(C(=O)N2CCCC(c3nn(C)c(=O)n3-c3ccccc3)C2)nn1. The molecule has 1 aliphatic rings. The average Bonchev–Trinajstić information content (AvgIpc) is 3.25. The van der Waals surface area contributed by atoms with Crippen LogP contribution in [0.25, 0.3) is 5.69 Å². The number of hydrogen-bond donors (Lipinski definition) is 0. The van der Waals surface area contributed by atoms with Crippen LogP contribution >= 0.6 is 0 Å². The van der Waals surface area contributed by atoms with Gasteiger partial charge >= 0.3 is 5.69 Å². The molecule has 1 atom stereocenters.